The van der Waals surface area contributed by atoms with Crippen molar-refractivity contribution in [3.8, 4) is 11.5 Å². The number of benzene rings is 1. The standard InChI is InChI=1S/C28H38O8/c1-18(2)6-10-23-27(3,36-23)26-25(32-5)21(12-13-28(26)17-34-28)35-24(30)11-8-19-7-9-20(31-4)22(16-19)33-15-14-29/h6-9,11,16,21,23,25-26,29H,10,12-15,17H2,1-5H3/b11-8+/t21-,23-,25-,26-,27+,28+/m1/s1. The van der Waals surface area contributed by atoms with E-state index in [0.29, 0.717) is 24.5 Å². The van der Waals surface area contributed by atoms with Crippen molar-refractivity contribution in [2.24, 2.45) is 5.92 Å². The van der Waals surface area contributed by atoms with Crippen molar-refractivity contribution in [2.45, 2.75) is 69.5 Å². The highest BCUT2D eigenvalue weighted by atomic mass is 16.6. The molecule has 2 heterocycles. The zero-order valence-corrected chi connectivity index (χ0v) is 21.8. The second-order valence-corrected chi connectivity index (χ2v) is 10.2. The number of carbonyl (C=O) groups excluding carboxylic acids is 1. The van der Waals surface area contributed by atoms with Gasteiger partial charge in [-0.1, -0.05) is 17.7 Å². The van der Waals surface area contributed by atoms with E-state index >= 15 is 0 Å². The highest BCUT2D eigenvalue weighted by Gasteiger charge is 2.72. The maximum Gasteiger partial charge on any atom is 0.331 e. The van der Waals surface area contributed by atoms with Crippen LogP contribution in [0.4, 0.5) is 0 Å². The molecule has 8 nitrogen and oxygen atoms in total. The quantitative estimate of drug-likeness (QED) is 0.212. The van der Waals surface area contributed by atoms with E-state index in [-0.39, 0.29) is 42.5 Å². The van der Waals surface area contributed by atoms with Crippen molar-refractivity contribution >= 4 is 12.0 Å². The first-order chi connectivity index (χ1) is 17.3. The van der Waals surface area contributed by atoms with Gasteiger partial charge in [0.05, 0.1) is 32.3 Å². The van der Waals surface area contributed by atoms with E-state index in [9.17, 15) is 4.79 Å². The summed E-state index contributed by atoms with van der Waals surface area (Å²) >= 11 is 0. The molecule has 1 aromatic rings. The van der Waals surface area contributed by atoms with E-state index in [2.05, 4.69) is 26.8 Å². The van der Waals surface area contributed by atoms with Gasteiger partial charge in [0, 0.05) is 13.2 Å². The zero-order chi connectivity index (χ0) is 25.9. The number of aliphatic hydroxyl groups excluding tert-OH is 1. The van der Waals surface area contributed by atoms with Crippen LogP contribution in [0.3, 0.4) is 0 Å². The summed E-state index contributed by atoms with van der Waals surface area (Å²) in [6.07, 6.45) is 6.98. The van der Waals surface area contributed by atoms with Crippen LogP contribution in [0.5, 0.6) is 11.5 Å². The van der Waals surface area contributed by atoms with Crippen LogP contribution in [-0.4, -0.2) is 74.6 Å². The van der Waals surface area contributed by atoms with E-state index in [1.54, 1.807) is 32.4 Å². The van der Waals surface area contributed by atoms with Crippen LogP contribution in [-0.2, 0) is 23.7 Å². The molecular formula is C28H38O8. The summed E-state index contributed by atoms with van der Waals surface area (Å²) < 4.78 is 34.8. The van der Waals surface area contributed by atoms with Gasteiger partial charge in [0.1, 0.15) is 30.0 Å². The first kappa shape index (κ1) is 26.7. The maximum atomic E-state index is 12.8. The number of esters is 1. The smallest absolute Gasteiger partial charge is 0.331 e. The lowest BCUT2D eigenvalue weighted by molar-refractivity contribution is -0.166. The Balaban J connectivity index is 1.43. The minimum Gasteiger partial charge on any atom is -0.493 e. The molecule has 0 unspecified atom stereocenters. The van der Waals surface area contributed by atoms with Crippen LogP contribution in [0, 0.1) is 5.92 Å². The van der Waals surface area contributed by atoms with Gasteiger partial charge in [-0.3, -0.25) is 0 Å². The average Bonchev–Trinajstić information content (AvgIpc) is 3.78. The number of aliphatic hydroxyl groups is 1. The molecule has 0 radical (unpaired) electrons. The van der Waals surface area contributed by atoms with E-state index < -0.39 is 12.1 Å². The molecule has 4 rings (SSSR count). The molecule has 1 saturated carbocycles. The van der Waals surface area contributed by atoms with Crippen LogP contribution in [0.15, 0.2) is 35.9 Å². The number of hydrogen-bond acceptors (Lipinski definition) is 8. The number of carbonyl (C=O) groups is 1. The fraction of sp³-hybridized carbons (Fsp3) is 0.607. The Bertz CT molecular complexity index is 993. The molecule has 0 aromatic heterocycles. The molecule has 2 aliphatic heterocycles. The average molecular weight is 503 g/mol. The van der Waals surface area contributed by atoms with Gasteiger partial charge in [0.25, 0.3) is 0 Å². The Hall–Kier alpha value is -2.39. The molecule has 1 aromatic carbocycles. The third kappa shape index (κ3) is 5.62. The third-order valence-corrected chi connectivity index (χ3v) is 7.45. The Morgan fingerprint density at radius 1 is 1.25 bits per heavy atom. The van der Waals surface area contributed by atoms with Crippen molar-refractivity contribution < 1.29 is 38.3 Å². The number of hydrogen-bond donors (Lipinski definition) is 1. The highest BCUT2D eigenvalue weighted by molar-refractivity contribution is 5.87. The Morgan fingerprint density at radius 2 is 2.03 bits per heavy atom. The molecule has 36 heavy (non-hydrogen) atoms. The number of rotatable bonds is 11. The summed E-state index contributed by atoms with van der Waals surface area (Å²) in [6, 6.07) is 5.31. The summed E-state index contributed by atoms with van der Waals surface area (Å²) in [5.74, 6) is 0.583. The first-order valence-corrected chi connectivity index (χ1v) is 12.5. The van der Waals surface area contributed by atoms with E-state index in [1.807, 2.05) is 6.07 Å². The molecule has 0 bridgehead atoms. The van der Waals surface area contributed by atoms with Gasteiger partial charge in [-0.15, -0.1) is 0 Å². The predicted octanol–water partition coefficient (Wildman–Crippen LogP) is 3.70. The van der Waals surface area contributed by atoms with Crippen LogP contribution in [0.1, 0.15) is 45.6 Å². The molecule has 6 atom stereocenters. The fourth-order valence-electron chi connectivity index (χ4n) is 5.49. The second kappa shape index (κ2) is 10.9. The van der Waals surface area contributed by atoms with Gasteiger partial charge >= 0.3 is 5.97 Å². The van der Waals surface area contributed by atoms with Crippen LogP contribution in [0.2, 0.25) is 0 Å². The van der Waals surface area contributed by atoms with Gasteiger partial charge in [-0.05, 0) is 63.8 Å². The van der Waals surface area contributed by atoms with Gasteiger partial charge in [-0.25, -0.2) is 4.79 Å². The Labute approximate surface area is 213 Å². The lowest BCUT2D eigenvalue weighted by atomic mass is 9.68. The van der Waals surface area contributed by atoms with E-state index in [1.165, 1.54) is 11.6 Å². The first-order valence-electron chi connectivity index (χ1n) is 12.5. The molecule has 1 aliphatic carbocycles. The summed E-state index contributed by atoms with van der Waals surface area (Å²) in [5, 5.41) is 9.04. The zero-order valence-electron chi connectivity index (χ0n) is 21.8. The molecule has 2 saturated heterocycles. The van der Waals surface area contributed by atoms with Gasteiger partial charge < -0.3 is 33.5 Å². The summed E-state index contributed by atoms with van der Waals surface area (Å²) in [7, 11) is 3.21. The predicted molar refractivity (Wildman–Crippen MR) is 134 cm³/mol. The maximum absolute atomic E-state index is 12.8. The highest BCUT2D eigenvalue weighted by Crippen LogP contribution is 2.59. The van der Waals surface area contributed by atoms with Crippen LogP contribution < -0.4 is 9.47 Å². The molecule has 1 spiro atoms. The number of ether oxygens (including phenoxy) is 6. The molecule has 0 amide bonds. The Kier molecular flexibility index (Phi) is 8.09. The molecule has 3 aliphatic rings. The van der Waals surface area contributed by atoms with Crippen molar-refractivity contribution in [2.75, 3.05) is 34.0 Å². The summed E-state index contributed by atoms with van der Waals surface area (Å²) in [5.41, 5.74) is 1.37. The molecule has 198 valence electrons. The van der Waals surface area contributed by atoms with Crippen molar-refractivity contribution in [1.29, 1.82) is 0 Å². The minimum atomic E-state index is -0.440. The number of allylic oxidation sites excluding steroid dienone is 1. The SMILES string of the molecule is COc1ccc(/C=C/C(=O)O[C@@H]2CC[C@]3(CO3)[C@@H]([C@@]3(C)O[C@@H]3CC=C(C)C)[C@@H]2OC)cc1OCCO. The van der Waals surface area contributed by atoms with Crippen molar-refractivity contribution in [3.63, 3.8) is 0 Å². The second-order valence-electron chi connectivity index (χ2n) is 10.2. The molecule has 3 fully saturated rings. The number of methoxy groups -OCH3 is 2. The van der Waals surface area contributed by atoms with Crippen LogP contribution in [0.25, 0.3) is 6.08 Å². The lowest BCUT2D eigenvalue weighted by Crippen LogP contribution is -2.55. The molecule has 1 N–H and O–H groups in total. The third-order valence-electron chi connectivity index (χ3n) is 7.45. The van der Waals surface area contributed by atoms with Gasteiger partial charge in [0.2, 0.25) is 0 Å². The number of epoxide rings is 2. The van der Waals surface area contributed by atoms with E-state index in [4.69, 9.17) is 33.5 Å². The van der Waals surface area contributed by atoms with Crippen molar-refractivity contribution in [3.05, 3.63) is 41.5 Å². The topological polar surface area (TPSA) is 99.3 Å². The van der Waals surface area contributed by atoms with Gasteiger partial charge in [-0.2, -0.15) is 0 Å². The van der Waals surface area contributed by atoms with E-state index in [0.717, 1.165) is 18.4 Å². The fourth-order valence-corrected chi connectivity index (χ4v) is 5.49. The summed E-state index contributed by atoms with van der Waals surface area (Å²) in [4.78, 5) is 12.8. The van der Waals surface area contributed by atoms with Gasteiger partial charge in [0.15, 0.2) is 11.5 Å². The largest absolute Gasteiger partial charge is 0.493 e. The minimum absolute atomic E-state index is 0.0195. The lowest BCUT2D eigenvalue weighted by Gasteiger charge is -2.42. The normalized spacial score (nSPS) is 32.8. The van der Waals surface area contributed by atoms with Crippen LogP contribution >= 0.6 is 0 Å². The molecule has 8 heteroatoms. The molecular weight excluding hydrogens is 464 g/mol. The summed E-state index contributed by atoms with van der Waals surface area (Å²) in [6.45, 7) is 7.02. The Morgan fingerprint density at radius 3 is 2.67 bits per heavy atom. The monoisotopic (exact) mass is 502 g/mol. The van der Waals surface area contributed by atoms with Crippen molar-refractivity contribution in [1.82, 2.24) is 0 Å².